The summed E-state index contributed by atoms with van der Waals surface area (Å²) in [5, 5.41) is 35.9. The van der Waals surface area contributed by atoms with Gasteiger partial charge in [0.25, 0.3) is 11.5 Å². The zero-order valence-electron chi connectivity index (χ0n) is 20.4. The Bertz CT molecular complexity index is 2000. The van der Waals surface area contributed by atoms with E-state index in [2.05, 4.69) is 35.6 Å². The number of H-pyrrole nitrogens is 1. The van der Waals surface area contributed by atoms with E-state index in [0.29, 0.717) is 16.0 Å². The van der Waals surface area contributed by atoms with Crippen molar-refractivity contribution in [3.05, 3.63) is 101 Å². The molecule has 0 bridgehead atoms. The fourth-order valence-electron chi connectivity index (χ4n) is 3.93. The van der Waals surface area contributed by atoms with E-state index in [1.165, 1.54) is 34.3 Å². The van der Waals surface area contributed by atoms with E-state index in [1.54, 1.807) is 36.4 Å². The molecule has 13 heteroatoms. The second-order valence-electron chi connectivity index (χ2n) is 8.48. The largest absolute Gasteiger partial charge is 0.506 e. The SMILES string of the molecule is N#Cc1cn(-c2nc3ccccc3s2)nc1N=NC(C(=O)Nc1ccccc1O)c1nc2ccccc2c(=O)[nH]1. The van der Waals surface area contributed by atoms with Crippen molar-refractivity contribution >= 4 is 49.9 Å². The first kappa shape index (κ1) is 24.6. The first-order valence-electron chi connectivity index (χ1n) is 11.8. The molecule has 6 rings (SSSR count). The van der Waals surface area contributed by atoms with Crippen LogP contribution in [0.5, 0.6) is 5.75 Å². The van der Waals surface area contributed by atoms with Gasteiger partial charge in [0.1, 0.15) is 23.2 Å². The summed E-state index contributed by atoms with van der Waals surface area (Å²) in [7, 11) is 0. The van der Waals surface area contributed by atoms with Crippen LogP contribution in [0, 0.1) is 11.3 Å². The third-order valence-corrected chi connectivity index (χ3v) is 6.89. The number of aromatic hydroxyl groups is 1. The van der Waals surface area contributed by atoms with Crippen molar-refractivity contribution in [2.75, 3.05) is 5.32 Å². The number of carbonyl (C=O) groups is 1. The first-order chi connectivity index (χ1) is 19.5. The Morgan fingerprint density at radius 3 is 2.60 bits per heavy atom. The number of carbonyl (C=O) groups excluding carboxylic acids is 1. The molecule has 3 N–H and O–H groups in total. The van der Waals surface area contributed by atoms with Crippen LogP contribution >= 0.6 is 11.3 Å². The van der Waals surface area contributed by atoms with E-state index in [-0.39, 0.29) is 28.6 Å². The molecular weight excluding hydrogens is 530 g/mol. The van der Waals surface area contributed by atoms with Crippen molar-refractivity contribution in [3.8, 4) is 17.0 Å². The Labute approximate surface area is 228 Å². The van der Waals surface area contributed by atoms with E-state index in [9.17, 15) is 20.0 Å². The molecule has 12 nitrogen and oxygen atoms in total. The number of nitriles is 1. The summed E-state index contributed by atoms with van der Waals surface area (Å²) in [5.41, 5.74) is 0.909. The maximum atomic E-state index is 13.4. The summed E-state index contributed by atoms with van der Waals surface area (Å²) in [5.74, 6) is -1.02. The number of aromatic amines is 1. The zero-order chi connectivity index (χ0) is 27.6. The summed E-state index contributed by atoms with van der Waals surface area (Å²) < 4.78 is 2.37. The maximum absolute atomic E-state index is 13.4. The van der Waals surface area contributed by atoms with Crippen LogP contribution in [-0.4, -0.2) is 35.7 Å². The van der Waals surface area contributed by atoms with E-state index in [4.69, 9.17) is 0 Å². The average Bonchev–Trinajstić information content (AvgIpc) is 3.59. The van der Waals surface area contributed by atoms with Crippen molar-refractivity contribution < 1.29 is 9.90 Å². The van der Waals surface area contributed by atoms with Crippen molar-refractivity contribution in [1.82, 2.24) is 24.7 Å². The average molecular weight is 548 g/mol. The number of fused-ring (bicyclic) bond motifs is 2. The Kier molecular flexibility index (Phi) is 6.27. The van der Waals surface area contributed by atoms with Crippen LogP contribution in [0.15, 0.2) is 94.0 Å². The highest BCUT2D eigenvalue weighted by Crippen LogP contribution is 2.29. The molecule has 3 aromatic heterocycles. The van der Waals surface area contributed by atoms with Crippen LogP contribution < -0.4 is 10.9 Å². The third kappa shape index (κ3) is 4.66. The summed E-state index contributed by atoms with van der Waals surface area (Å²) in [6.45, 7) is 0. The fraction of sp³-hybridized carbons (Fsp3) is 0.0370. The number of amides is 1. The van der Waals surface area contributed by atoms with Crippen molar-refractivity contribution in [3.63, 3.8) is 0 Å². The van der Waals surface area contributed by atoms with Gasteiger partial charge >= 0.3 is 0 Å². The molecule has 3 aromatic carbocycles. The lowest BCUT2D eigenvalue weighted by Crippen LogP contribution is -2.24. The lowest BCUT2D eigenvalue weighted by Gasteiger charge is -2.13. The molecule has 0 saturated heterocycles. The number of aromatic nitrogens is 5. The normalized spacial score (nSPS) is 12.1. The molecule has 0 fully saturated rings. The lowest BCUT2D eigenvalue weighted by atomic mass is 10.2. The Hall–Kier alpha value is -5.74. The number of nitrogens with one attached hydrogen (secondary N) is 2. The van der Waals surface area contributed by atoms with E-state index < -0.39 is 17.5 Å². The van der Waals surface area contributed by atoms with Gasteiger partial charge in [0, 0.05) is 0 Å². The molecule has 0 aliphatic carbocycles. The molecule has 40 heavy (non-hydrogen) atoms. The van der Waals surface area contributed by atoms with Crippen molar-refractivity contribution in [2.24, 2.45) is 10.2 Å². The number of benzene rings is 3. The predicted octanol–water partition coefficient (Wildman–Crippen LogP) is 4.76. The molecule has 0 radical (unpaired) electrons. The molecular formula is C27H17N9O3S. The molecule has 6 aromatic rings. The van der Waals surface area contributed by atoms with E-state index in [1.807, 2.05) is 30.3 Å². The van der Waals surface area contributed by atoms with Crippen LogP contribution in [0.1, 0.15) is 17.4 Å². The highest BCUT2D eigenvalue weighted by Gasteiger charge is 2.25. The van der Waals surface area contributed by atoms with Crippen molar-refractivity contribution in [1.29, 1.82) is 5.26 Å². The highest BCUT2D eigenvalue weighted by molar-refractivity contribution is 7.20. The topological polar surface area (TPSA) is 174 Å². The number of phenolic OH excluding ortho intramolecular Hbond substituents is 1. The van der Waals surface area contributed by atoms with E-state index in [0.717, 1.165) is 10.2 Å². The number of anilines is 1. The number of para-hydroxylation sites is 4. The van der Waals surface area contributed by atoms with Crippen molar-refractivity contribution in [2.45, 2.75) is 6.04 Å². The van der Waals surface area contributed by atoms with Gasteiger partial charge in [0.2, 0.25) is 17.0 Å². The molecule has 0 aliphatic heterocycles. The Morgan fingerprint density at radius 1 is 1.05 bits per heavy atom. The number of rotatable bonds is 6. The second kappa shape index (κ2) is 10.2. The summed E-state index contributed by atoms with van der Waals surface area (Å²) >= 11 is 1.38. The molecule has 0 aliphatic rings. The number of nitrogens with zero attached hydrogens (tertiary/aromatic N) is 7. The van der Waals surface area contributed by atoms with Gasteiger partial charge in [-0.25, -0.2) is 14.6 Å². The minimum Gasteiger partial charge on any atom is -0.506 e. The van der Waals surface area contributed by atoms with Crippen LogP contribution in [0.3, 0.4) is 0 Å². The molecule has 1 atom stereocenters. The van der Waals surface area contributed by atoms with Crippen LogP contribution in [0.4, 0.5) is 11.5 Å². The monoisotopic (exact) mass is 547 g/mol. The van der Waals surface area contributed by atoms with Gasteiger partial charge in [-0.1, -0.05) is 47.7 Å². The molecule has 1 unspecified atom stereocenters. The lowest BCUT2D eigenvalue weighted by molar-refractivity contribution is -0.117. The quantitative estimate of drug-likeness (QED) is 0.199. The Balaban J connectivity index is 1.40. The first-order valence-corrected chi connectivity index (χ1v) is 12.7. The van der Waals surface area contributed by atoms with Gasteiger partial charge < -0.3 is 15.4 Å². The molecule has 3 heterocycles. The number of hydrogen-bond acceptors (Lipinski definition) is 10. The summed E-state index contributed by atoms with van der Waals surface area (Å²) in [4.78, 5) is 37.7. The summed E-state index contributed by atoms with van der Waals surface area (Å²) in [6, 6.07) is 21.0. The van der Waals surface area contributed by atoms with Gasteiger partial charge in [-0.05, 0) is 36.4 Å². The van der Waals surface area contributed by atoms with Gasteiger partial charge in [0.05, 0.1) is 33.0 Å². The molecule has 0 saturated carbocycles. The van der Waals surface area contributed by atoms with Gasteiger partial charge in [0.15, 0.2) is 0 Å². The van der Waals surface area contributed by atoms with Crippen LogP contribution in [-0.2, 0) is 4.79 Å². The maximum Gasteiger partial charge on any atom is 0.259 e. The van der Waals surface area contributed by atoms with Crippen LogP contribution in [0.25, 0.3) is 26.3 Å². The van der Waals surface area contributed by atoms with Gasteiger partial charge in [-0.15, -0.1) is 10.2 Å². The predicted molar refractivity (Wildman–Crippen MR) is 148 cm³/mol. The zero-order valence-corrected chi connectivity index (χ0v) is 21.2. The standard InChI is InChI=1S/C27H17N9O3S/c28-13-15-14-36(27-31-19-10-4-6-12-21(19)40-27)35-23(15)34-33-22(26(39)30-18-9-3-5-11-20(18)37)24-29-17-8-2-1-7-16(17)25(38)32-24/h1-12,14,22,37H,(H,30,39)(H,29,32,38). The van der Waals surface area contributed by atoms with Gasteiger partial charge in [-0.2, -0.15) is 10.4 Å². The third-order valence-electron chi connectivity index (χ3n) is 5.86. The second-order valence-corrected chi connectivity index (χ2v) is 9.49. The highest BCUT2D eigenvalue weighted by atomic mass is 32.1. The summed E-state index contributed by atoms with van der Waals surface area (Å²) in [6.07, 6.45) is 1.47. The number of phenols is 1. The molecule has 194 valence electrons. The fourth-order valence-corrected chi connectivity index (χ4v) is 4.82. The number of thiazole rings is 1. The number of azo groups is 1. The van der Waals surface area contributed by atoms with Crippen LogP contribution in [0.2, 0.25) is 0 Å². The molecule has 1 amide bonds. The van der Waals surface area contributed by atoms with E-state index >= 15 is 0 Å². The van der Waals surface area contributed by atoms with Gasteiger partial charge in [-0.3, -0.25) is 9.59 Å². The Morgan fingerprint density at radius 2 is 1.80 bits per heavy atom. The minimum atomic E-state index is -1.45. The smallest absolute Gasteiger partial charge is 0.259 e. The molecule has 0 spiro atoms. The minimum absolute atomic E-state index is 0.0507. The number of hydrogen-bond donors (Lipinski definition) is 3.